The third-order valence-electron chi connectivity index (χ3n) is 3.52. The van der Waals surface area contributed by atoms with E-state index >= 15 is 0 Å². The van der Waals surface area contributed by atoms with Crippen LogP contribution in [0.4, 0.5) is 10.5 Å². The molecule has 1 aromatic rings. The van der Waals surface area contributed by atoms with Gasteiger partial charge in [0.1, 0.15) is 6.04 Å². The minimum absolute atomic E-state index is 0.164. The lowest BCUT2D eigenvalue weighted by molar-refractivity contribution is -0.140. The highest BCUT2D eigenvalue weighted by Crippen LogP contribution is 2.17. The number of anilines is 1. The molecule has 0 aromatic heterocycles. The number of carboxylic acids is 1. The van der Waals surface area contributed by atoms with Crippen LogP contribution >= 0.6 is 0 Å². The van der Waals surface area contributed by atoms with Gasteiger partial charge in [-0.1, -0.05) is 13.8 Å². The zero-order valence-electron chi connectivity index (χ0n) is 12.5. The molecule has 7 nitrogen and oxygen atoms in total. The first-order valence-corrected chi connectivity index (χ1v) is 7.09. The Morgan fingerprint density at radius 1 is 1.27 bits per heavy atom. The number of nitrogens with zero attached hydrogens (tertiary/aromatic N) is 1. The number of hydrogen-bond donors (Lipinski definition) is 3. The molecule has 0 unspecified atom stereocenters. The van der Waals surface area contributed by atoms with Crippen molar-refractivity contribution in [2.45, 2.75) is 19.9 Å². The Morgan fingerprint density at radius 3 is 2.36 bits per heavy atom. The summed E-state index contributed by atoms with van der Waals surface area (Å²) in [6.45, 7) is 4.64. The predicted octanol–water partition coefficient (Wildman–Crippen LogP) is 1.06. The van der Waals surface area contributed by atoms with E-state index in [1.165, 1.54) is 0 Å². The third-order valence-corrected chi connectivity index (χ3v) is 3.52. The molecule has 2 rings (SSSR count). The van der Waals surface area contributed by atoms with E-state index in [0.717, 1.165) is 0 Å². The number of hydrogen-bond acceptors (Lipinski definition) is 3. The van der Waals surface area contributed by atoms with E-state index in [-0.39, 0.29) is 11.9 Å². The van der Waals surface area contributed by atoms with Crippen LogP contribution < -0.4 is 15.5 Å². The van der Waals surface area contributed by atoms with E-state index in [0.29, 0.717) is 24.3 Å². The molecule has 0 bridgehead atoms. The van der Waals surface area contributed by atoms with E-state index in [4.69, 9.17) is 5.11 Å². The topological polar surface area (TPSA) is 98.7 Å². The lowest BCUT2D eigenvalue weighted by Gasteiger charge is -2.18. The first-order valence-electron chi connectivity index (χ1n) is 7.09. The third kappa shape index (κ3) is 3.36. The summed E-state index contributed by atoms with van der Waals surface area (Å²) < 4.78 is 0. The van der Waals surface area contributed by atoms with Crippen molar-refractivity contribution in [1.82, 2.24) is 10.6 Å². The number of carboxylic acid groups (broad SMARTS) is 1. The van der Waals surface area contributed by atoms with Crippen LogP contribution in [0.1, 0.15) is 24.2 Å². The van der Waals surface area contributed by atoms with E-state index < -0.39 is 17.9 Å². The summed E-state index contributed by atoms with van der Waals surface area (Å²) >= 11 is 0. The number of benzene rings is 1. The zero-order chi connectivity index (χ0) is 16.3. The van der Waals surface area contributed by atoms with E-state index in [1.807, 2.05) is 0 Å². The van der Waals surface area contributed by atoms with E-state index in [1.54, 1.807) is 43.0 Å². The fourth-order valence-corrected chi connectivity index (χ4v) is 2.25. The highest BCUT2D eigenvalue weighted by Gasteiger charge is 2.24. The van der Waals surface area contributed by atoms with Crippen LogP contribution in [0.15, 0.2) is 24.3 Å². The van der Waals surface area contributed by atoms with E-state index in [9.17, 15) is 14.4 Å². The maximum absolute atomic E-state index is 12.1. The van der Waals surface area contributed by atoms with E-state index in [2.05, 4.69) is 10.6 Å². The summed E-state index contributed by atoms with van der Waals surface area (Å²) in [5.41, 5.74) is 1.06. The Balaban J connectivity index is 2.08. The summed E-state index contributed by atoms with van der Waals surface area (Å²) in [6.07, 6.45) is 0. The first-order chi connectivity index (χ1) is 10.4. The molecule has 0 aliphatic carbocycles. The molecule has 22 heavy (non-hydrogen) atoms. The highest BCUT2D eigenvalue weighted by atomic mass is 16.4. The average molecular weight is 305 g/mol. The van der Waals surface area contributed by atoms with Crippen LogP contribution in [0.5, 0.6) is 0 Å². The Morgan fingerprint density at radius 2 is 1.91 bits per heavy atom. The van der Waals surface area contributed by atoms with Crippen molar-refractivity contribution in [1.29, 1.82) is 0 Å². The quantitative estimate of drug-likeness (QED) is 0.757. The molecule has 3 N–H and O–H groups in total. The Labute approximate surface area is 128 Å². The molecular formula is C15H19N3O4. The Hall–Kier alpha value is -2.57. The molecule has 1 atom stereocenters. The minimum Gasteiger partial charge on any atom is -0.480 e. The van der Waals surface area contributed by atoms with Crippen molar-refractivity contribution < 1.29 is 19.5 Å². The second-order valence-electron chi connectivity index (χ2n) is 5.46. The van der Waals surface area contributed by atoms with Crippen LogP contribution in [0.25, 0.3) is 0 Å². The van der Waals surface area contributed by atoms with Gasteiger partial charge in [0, 0.05) is 24.3 Å². The predicted molar refractivity (Wildman–Crippen MR) is 80.9 cm³/mol. The van der Waals surface area contributed by atoms with Crippen LogP contribution in [-0.4, -0.2) is 42.1 Å². The van der Waals surface area contributed by atoms with Crippen LogP contribution in [-0.2, 0) is 4.79 Å². The summed E-state index contributed by atoms with van der Waals surface area (Å²) in [7, 11) is 0. The van der Waals surface area contributed by atoms with Gasteiger partial charge in [0.05, 0.1) is 0 Å². The summed E-state index contributed by atoms with van der Waals surface area (Å²) in [5, 5.41) is 14.3. The zero-order valence-corrected chi connectivity index (χ0v) is 12.5. The summed E-state index contributed by atoms with van der Waals surface area (Å²) in [4.78, 5) is 36.3. The molecule has 0 radical (unpaired) electrons. The number of rotatable bonds is 5. The smallest absolute Gasteiger partial charge is 0.326 e. The van der Waals surface area contributed by atoms with Gasteiger partial charge in [-0.2, -0.15) is 0 Å². The second kappa shape index (κ2) is 6.46. The fourth-order valence-electron chi connectivity index (χ4n) is 2.25. The molecule has 7 heteroatoms. The molecule has 0 saturated carbocycles. The Kier molecular flexibility index (Phi) is 4.65. The van der Waals surface area contributed by atoms with Gasteiger partial charge >= 0.3 is 12.0 Å². The number of urea groups is 1. The van der Waals surface area contributed by atoms with Gasteiger partial charge in [-0.25, -0.2) is 9.59 Å². The second-order valence-corrected chi connectivity index (χ2v) is 5.46. The number of nitrogens with one attached hydrogen (secondary N) is 2. The number of carbonyl (C=O) groups excluding carboxylic acids is 2. The van der Waals surface area contributed by atoms with Crippen molar-refractivity contribution in [3.63, 3.8) is 0 Å². The van der Waals surface area contributed by atoms with Crippen molar-refractivity contribution in [2.24, 2.45) is 5.92 Å². The van der Waals surface area contributed by atoms with Gasteiger partial charge in [-0.15, -0.1) is 0 Å². The lowest BCUT2D eigenvalue weighted by Crippen LogP contribution is -2.44. The fraction of sp³-hybridized carbons (Fsp3) is 0.400. The lowest BCUT2D eigenvalue weighted by atomic mass is 10.0. The molecule has 118 valence electrons. The number of amides is 3. The maximum atomic E-state index is 12.1. The molecule has 1 fully saturated rings. The molecule has 0 spiro atoms. The summed E-state index contributed by atoms with van der Waals surface area (Å²) in [6, 6.07) is 5.40. The number of aliphatic carboxylic acids is 1. The number of carbonyl (C=O) groups is 3. The normalized spacial score (nSPS) is 15.6. The SMILES string of the molecule is CC(C)[C@@H](NC(=O)c1ccc(N2CCNC2=O)cc1)C(=O)O. The highest BCUT2D eigenvalue weighted by molar-refractivity contribution is 5.98. The van der Waals surface area contributed by atoms with Crippen molar-refractivity contribution >= 4 is 23.6 Å². The van der Waals surface area contributed by atoms with Crippen LogP contribution in [0, 0.1) is 5.92 Å². The summed E-state index contributed by atoms with van der Waals surface area (Å²) in [5.74, 6) is -1.72. The molecule has 1 saturated heterocycles. The van der Waals surface area contributed by atoms with Gasteiger partial charge in [-0.3, -0.25) is 9.69 Å². The monoisotopic (exact) mass is 305 g/mol. The van der Waals surface area contributed by atoms with Crippen LogP contribution in [0.3, 0.4) is 0 Å². The van der Waals surface area contributed by atoms with Gasteiger partial charge in [0.25, 0.3) is 5.91 Å². The molecule has 1 aliphatic rings. The molecular weight excluding hydrogens is 286 g/mol. The van der Waals surface area contributed by atoms with Gasteiger partial charge in [0.15, 0.2) is 0 Å². The van der Waals surface area contributed by atoms with Crippen molar-refractivity contribution in [2.75, 3.05) is 18.0 Å². The molecule has 1 heterocycles. The maximum Gasteiger partial charge on any atom is 0.326 e. The van der Waals surface area contributed by atoms with Crippen molar-refractivity contribution in [3.05, 3.63) is 29.8 Å². The van der Waals surface area contributed by atoms with Gasteiger partial charge in [0.2, 0.25) is 0 Å². The van der Waals surface area contributed by atoms with Gasteiger partial charge < -0.3 is 15.7 Å². The average Bonchev–Trinajstić information content (AvgIpc) is 2.90. The first kappa shape index (κ1) is 15.8. The minimum atomic E-state index is -1.06. The van der Waals surface area contributed by atoms with Crippen molar-refractivity contribution in [3.8, 4) is 0 Å². The molecule has 1 aromatic carbocycles. The van der Waals surface area contributed by atoms with Gasteiger partial charge in [-0.05, 0) is 30.2 Å². The Bertz CT molecular complexity index is 583. The molecule has 3 amide bonds. The standard InChI is InChI=1S/C15H19N3O4/c1-9(2)12(14(20)21)17-13(19)10-3-5-11(6-4-10)18-8-7-16-15(18)22/h3-6,9,12H,7-8H2,1-2H3,(H,16,22)(H,17,19)(H,20,21)/t12-/m1/s1. The van der Waals surface area contributed by atoms with Crippen LogP contribution in [0.2, 0.25) is 0 Å². The molecule has 1 aliphatic heterocycles. The largest absolute Gasteiger partial charge is 0.480 e.